The van der Waals surface area contributed by atoms with E-state index in [-0.39, 0.29) is 0 Å². The molecule has 110 valence electrons. The highest BCUT2D eigenvalue weighted by Crippen LogP contribution is 2.23. The number of rotatable bonds is 9. The average molecular weight is 286 g/mol. The highest BCUT2D eigenvalue weighted by molar-refractivity contribution is 6.31. The minimum absolute atomic E-state index is 0.495. The zero-order chi connectivity index (χ0) is 14.3. The summed E-state index contributed by atoms with van der Waals surface area (Å²) < 4.78 is 1.94. The predicted molar refractivity (Wildman–Crippen MR) is 82.9 cm³/mol. The Morgan fingerprint density at radius 2 is 2.00 bits per heavy atom. The van der Waals surface area contributed by atoms with Crippen molar-refractivity contribution in [2.45, 2.75) is 64.8 Å². The first-order valence-electron chi connectivity index (χ1n) is 7.51. The Balaban J connectivity index is 2.57. The summed E-state index contributed by atoms with van der Waals surface area (Å²) >= 11 is 6.40. The first kappa shape index (κ1) is 16.5. The maximum Gasteiger partial charge on any atom is 0.0850 e. The van der Waals surface area contributed by atoms with E-state index < -0.39 is 0 Å². The Labute approximate surface area is 122 Å². The van der Waals surface area contributed by atoms with Crippen LogP contribution >= 0.6 is 11.6 Å². The maximum absolute atomic E-state index is 6.40. The summed E-state index contributed by atoms with van der Waals surface area (Å²) in [6.07, 6.45) is 8.31. The van der Waals surface area contributed by atoms with Gasteiger partial charge >= 0.3 is 0 Å². The van der Waals surface area contributed by atoms with Crippen LogP contribution in [0.25, 0.3) is 0 Å². The second kappa shape index (κ2) is 8.60. The van der Waals surface area contributed by atoms with Crippen molar-refractivity contribution in [3.63, 3.8) is 0 Å². The summed E-state index contributed by atoms with van der Waals surface area (Å²) in [7, 11) is 4.03. The molecule has 1 atom stereocenters. The SMILES string of the molecule is CCCCCCC(Cc1c(Cl)c(CC)nn1C)NC. The molecule has 1 aromatic rings. The second-order valence-electron chi connectivity index (χ2n) is 5.22. The van der Waals surface area contributed by atoms with Crippen molar-refractivity contribution >= 4 is 11.6 Å². The summed E-state index contributed by atoms with van der Waals surface area (Å²) in [6, 6.07) is 0.495. The molecule has 0 amide bonds. The smallest absolute Gasteiger partial charge is 0.0850 e. The van der Waals surface area contributed by atoms with Gasteiger partial charge in [0.2, 0.25) is 0 Å². The molecule has 0 radical (unpaired) electrons. The molecule has 19 heavy (non-hydrogen) atoms. The second-order valence-corrected chi connectivity index (χ2v) is 5.60. The standard InChI is InChI=1S/C15H28ClN3/c1-5-7-8-9-10-12(17-3)11-14-15(16)13(6-2)18-19(14)4/h12,17H,5-11H2,1-4H3. The van der Waals surface area contributed by atoms with E-state index in [1.165, 1.54) is 32.1 Å². The first-order chi connectivity index (χ1) is 9.13. The van der Waals surface area contributed by atoms with Crippen molar-refractivity contribution in [3.05, 3.63) is 16.4 Å². The van der Waals surface area contributed by atoms with Gasteiger partial charge in [0, 0.05) is 19.5 Å². The molecule has 0 aromatic carbocycles. The summed E-state index contributed by atoms with van der Waals surface area (Å²) in [6.45, 7) is 4.34. The van der Waals surface area contributed by atoms with Crippen molar-refractivity contribution in [1.82, 2.24) is 15.1 Å². The molecule has 0 saturated carbocycles. The molecule has 3 nitrogen and oxygen atoms in total. The fourth-order valence-corrected chi connectivity index (χ4v) is 2.81. The molecule has 1 unspecified atom stereocenters. The highest BCUT2D eigenvalue weighted by Gasteiger charge is 2.16. The molecule has 1 aromatic heterocycles. The fourth-order valence-electron chi connectivity index (χ4n) is 2.44. The normalized spacial score (nSPS) is 12.9. The fraction of sp³-hybridized carbons (Fsp3) is 0.800. The lowest BCUT2D eigenvalue weighted by atomic mass is 10.0. The lowest BCUT2D eigenvalue weighted by molar-refractivity contribution is 0.473. The van der Waals surface area contributed by atoms with Crippen LogP contribution in [0.3, 0.4) is 0 Å². The number of hydrogen-bond acceptors (Lipinski definition) is 2. The summed E-state index contributed by atoms with van der Waals surface area (Å²) in [4.78, 5) is 0. The number of aryl methyl sites for hydroxylation is 2. The van der Waals surface area contributed by atoms with Crippen LogP contribution in [0.4, 0.5) is 0 Å². The molecule has 1 N–H and O–H groups in total. The molecule has 0 saturated heterocycles. The number of aromatic nitrogens is 2. The first-order valence-corrected chi connectivity index (χ1v) is 7.89. The van der Waals surface area contributed by atoms with Crippen molar-refractivity contribution in [2.24, 2.45) is 7.05 Å². The molecule has 4 heteroatoms. The average Bonchev–Trinajstić information content (AvgIpc) is 2.69. The number of likely N-dealkylation sites (N-methyl/N-ethyl adjacent to an activating group) is 1. The molecular formula is C15H28ClN3. The van der Waals surface area contributed by atoms with E-state index in [4.69, 9.17) is 11.6 Å². The lowest BCUT2D eigenvalue weighted by Crippen LogP contribution is -2.28. The number of nitrogens with zero attached hydrogens (tertiary/aromatic N) is 2. The van der Waals surface area contributed by atoms with Gasteiger partial charge in [-0.2, -0.15) is 5.10 Å². The molecule has 1 rings (SSSR count). The predicted octanol–water partition coefficient (Wildman–Crippen LogP) is 3.74. The molecular weight excluding hydrogens is 258 g/mol. The maximum atomic E-state index is 6.40. The number of nitrogens with one attached hydrogen (secondary N) is 1. The van der Waals surface area contributed by atoms with Crippen LogP contribution in [-0.2, 0) is 19.9 Å². The van der Waals surface area contributed by atoms with Crippen molar-refractivity contribution < 1.29 is 0 Å². The van der Waals surface area contributed by atoms with Crippen LogP contribution in [0.1, 0.15) is 57.3 Å². The number of halogens is 1. The Morgan fingerprint density at radius 1 is 1.26 bits per heavy atom. The van der Waals surface area contributed by atoms with Crippen LogP contribution in [-0.4, -0.2) is 22.9 Å². The van der Waals surface area contributed by atoms with Crippen molar-refractivity contribution in [2.75, 3.05) is 7.05 Å². The van der Waals surface area contributed by atoms with Gasteiger partial charge in [-0.15, -0.1) is 0 Å². The van der Waals surface area contributed by atoms with E-state index in [0.717, 1.165) is 29.3 Å². The van der Waals surface area contributed by atoms with E-state index in [2.05, 4.69) is 24.3 Å². The van der Waals surface area contributed by atoms with Gasteiger partial charge in [0.05, 0.1) is 16.4 Å². The largest absolute Gasteiger partial charge is 0.317 e. The van der Waals surface area contributed by atoms with Gasteiger partial charge in [0.25, 0.3) is 0 Å². The number of unbranched alkanes of at least 4 members (excludes halogenated alkanes) is 3. The third kappa shape index (κ3) is 4.81. The van der Waals surface area contributed by atoms with Crippen molar-refractivity contribution in [3.8, 4) is 0 Å². The van der Waals surface area contributed by atoms with Gasteiger partial charge in [0.15, 0.2) is 0 Å². The van der Waals surface area contributed by atoms with E-state index >= 15 is 0 Å². The highest BCUT2D eigenvalue weighted by atomic mass is 35.5. The number of hydrogen-bond donors (Lipinski definition) is 1. The Kier molecular flexibility index (Phi) is 7.47. The van der Waals surface area contributed by atoms with Crippen LogP contribution in [0.2, 0.25) is 5.02 Å². The lowest BCUT2D eigenvalue weighted by Gasteiger charge is -2.16. The van der Waals surface area contributed by atoms with Crippen LogP contribution in [0.15, 0.2) is 0 Å². The summed E-state index contributed by atoms with van der Waals surface area (Å²) in [5, 5.41) is 8.75. The molecule has 0 fully saturated rings. The Bertz CT molecular complexity index is 374. The van der Waals surface area contributed by atoms with Crippen LogP contribution < -0.4 is 5.32 Å². The van der Waals surface area contributed by atoms with E-state index in [1.807, 2.05) is 18.8 Å². The Hall–Kier alpha value is -0.540. The quantitative estimate of drug-likeness (QED) is 0.701. The van der Waals surface area contributed by atoms with Crippen LogP contribution in [0.5, 0.6) is 0 Å². The van der Waals surface area contributed by atoms with E-state index in [1.54, 1.807) is 0 Å². The third-order valence-corrected chi connectivity index (χ3v) is 4.19. The molecule has 0 bridgehead atoms. The van der Waals surface area contributed by atoms with E-state index in [0.29, 0.717) is 6.04 Å². The van der Waals surface area contributed by atoms with Crippen molar-refractivity contribution in [1.29, 1.82) is 0 Å². The summed E-state index contributed by atoms with van der Waals surface area (Å²) in [5.41, 5.74) is 2.17. The van der Waals surface area contributed by atoms with E-state index in [9.17, 15) is 0 Å². The van der Waals surface area contributed by atoms with Gasteiger partial charge in [0.1, 0.15) is 0 Å². The van der Waals surface area contributed by atoms with Crippen LogP contribution in [0, 0.1) is 0 Å². The third-order valence-electron chi connectivity index (χ3n) is 3.76. The zero-order valence-electron chi connectivity index (χ0n) is 12.8. The van der Waals surface area contributed by atoms with Gasteiger partial charge in [-0.3, -0.25) is 4.68 Å². The van der Waals surface area contributed by atoms with Gasteiger partial charge in [-0.05, 0) is 19.9 Å². The minimum atomic E-state index is 0.495. The molecule has 0 spiro atoms. The van der Waals surface area contributed by atoms with Gasteiger partial charge in [-0.25, -0.2) is 0 Å². The molecule has 0 aliphatic carbocycles. The monoisotopic (exact) mass is 285 g/mol. The molecule has 0 aliphatic heterocycles. The topological polar surface area (TPSA) is 29.9 Å². The zero-order valence-corrected chi connectivity index (χ0v) is 13.6. The van der Waals surface area contributed by atoms with Gasteiger partial charge < -0.3 is 5.32 Å². The Morgan fingerprint density at radius 3 is 2.53 bits per heavy atom. The minimum Gasteiger partial charge on any atom is -0.317 e. The molecule has 0 aliphatic rings. The molecule has 1 heterocycles. The summed E-state index contributed by atoms with van der Waals surface area (Å²) in [5.74, 6) is 0. The van der Waals surface area contributed by atoms with Gasteiger partial charge in [-0.1, -0.05) is 51.1 Å².